The highest BCUT2D eigenvalue weighted by atomic mass is 79.9. The van der Waals surface area contributed by atoms with Gasteiger partial charge in [0.15, 0.2) is 0 Å². The molecule has 6 rings (SSSR count). The van der Waals surface area contributed by atoms with Crippen LogP contribution in [-0.4, -0.2) is 68.6 Å². The summed E-state index contributed by atoms with van der Waals surface area (Å²) in [6.45, 7) is 2.02. The van der Waals surface area contributed by atoms with Crippen molar-refractivity contribution in [3.8, 4) is 28.7 Å². The summed E-state index contributed by atoms with van der Waals surface area (Å²) >= 11 is 10.5. The number of ether oxygens (including phenoxy) is 2. The maximum atomic E-state index is 11.5. The molecule has 0 unspecified atom stereocenters. The number of aliphatic hydroxyl groups is 1. The third-order valence-electron chi connectivity index (χ3n) is 9.09. The van der Waals surface area contributed by atoms with E-state index in [0.717, 1.165) is 64.5 Å². The zero-order valence-electron chi connectivity index (χ0n) is 29.2. The number of benzene rings is 3. The van der Waals surface area contributed by atoms with E-state index in [9.17, 15) is 25.1 Å². The van der Waals surface area contributed by atoms with Gasteiger partial charge in [-0.2, -0.15) is 10.4 Å². The first-order chi connectivity index (χ1) is 26.2. The lowest BCUT2D eigenvalue weighted by molar-refractivity contribution is -0.140. The first-order valence-corrected chi connectivity index (χ1v) is 18.6. The number of aliphatic hydroxyl groups excluding tert-OH is 1. The average Bonchev–Trinajstić information content (AvgIpc) is 3.80. The predicted molar refractivity (Wildman–Crippen MR) is 206 cm³/mol. The van der Waals surface area contributed by atoms with E-state index < -0.39 is 18.6 Å². The molecule has 1 fully saturated rings. The number of nitriles is 1. The van der Waals surface area contributed by atoms with Crippen molar-refractivity contribution in [2.45, 2.75) is 57.6 Å². The van der Waals surface area contributed by atoms with Crippen molar-refractivity contribution in [1.29, 1.82) is 5.26 Å². The molecule has 0 spiro atoms. The molecule has 280 valence electrons. The number of nitrogens with zero attached hydrogens (tertiary/aromatic N) is 4. The quantitative estimate of drug-likeness (QED) is 0.0721. The minimum atomic E-state index is -1.19. The summed E-state index contributed by atoms with van der Waals surface area (Å²) in [6, 6.07) is 18.1. The number of halogens is 2. The summed E-state index contributed by atoms with van der Waals surface area (Å²) in [5.41, 5.74) is 5.49. The maximum absolute atomic E-state index is 11.5. The molecule has 54 heavy (non-hydrogen) atoms. The summed E-state index contributed by atoms with van der Waals surface area (Å²) in [5, 5.41) is 43.4. The van der Waals surface area contributed by atoms with Crippen LogP contribution in [0.4, 0.5) is 0 Å². The molecule has 0 aliphatic carbocycles. The van der Waals surface area contributed by atoms with Crippen LogP contribution in [0.3, 0.4) is 0 Å². The number of hydrogen-bond acceptors (Lipinski definition) is 10. The first-order valence-electron chi connectivity index (χ1n) is 17.5. The number of rotatable bonds is 18. The van der Waals surface area contributed by atoms with Crippen molar-refractivity contribution in [2.24, 2.45) is 0 Å². The van der Waals surface area contributed by atoms with Gasteiger partial charge in [-0.15, -0.1) is 0 Å². The van der Waals surface area contributed by atoms with Crippen LogP contribution in [0.15, 0.2) is 77.7 Å². The van der Waals surface area contributed by atoms with E-state index in [0.29, 0.717) is 34.6 Å². The topological polar surface area (TPSA) is 184 Å². The van der Waals surface area contributed by atoms with Crippen LogP contribution in [0.25, 0.3) is 22.0 Å². The second-order valence-corrected chi connectivity index (χ2v) is 14.1. The van der Waals surface area contributed by atoms with Gasteiger partial charge in [0.25, 0.3) is 0 Å². The highest BCUT2D eigenvalue weighted by Crippen LogP contribution is 2.38. The Balaban J connectivity index is 1.16. The predicted octanol–water partition coefficient (Wildman–Crippen LogP) is 5.34. The molecule has 15 heteroatoms. The van der Waals surface area contributed by atoms with E-state index in [4.69, 9.17) is 26.2 Å². The van der Waals surface area contributed by atoms with Crippen LogP contribution in [0.2, 0.25) is 5.02 Å². The lowest BCUT2D eigenvalue weighted by atomic mass is 10.00. The second kappa shape index (κ2) is 18.3. The number of fused-ring (bicyclic) bond motifs is 1. The van der Waals surface area contributed by atoms with Crippen LogP contribution in [0, 0.1) is 11.3 Å². The van der Waals surface area contributed by atoms with E-state index in [-0.39, 0.29) is 36.7 Å². The van der Waals surface area contributed by atoms with Crippen molar-refractivity contribution in [2.75, 3.05) is 19.7 Å². The average molecular weight is 817 g/mol. The number of carbonyl (C=O) groups is 2. The molecule has 1 amide bonds. The molecule has 0 bridgehead atoms. The fraction of sp³-hybridized carbons (Fsp3) is 0.308. The van der Waals surface area contributed by atoms with Gasteiger partial charge in [0.1, 0.15) is 36.8 Å². The first kappa shape index (κ1) is 38.7. The minimum absolute atomic E-state index is 0.0390. The summed E-state index contributed by atoms with van der Waals surface area (Å²) in [4.78, 5) is 27.0. The lowest BCUT2D eigenvalue weighted by Gasteiger charge is -2.18. The number of carbonyl (C=O) groups excluding carboxylic acids is 1. The minimum Gasteiger partial charge on any atom is -0.488 e. The van der Waals surface area contributed by atoms with Crippen molar-refractivity contribution in [3.63, 3.8) is 0 Å². The number of carboxylic acids is 1. The van der Waals surface area contributed by atoms with Crippen LogP contribution < -0.4 is 25.4 Å². The monoisotopic (exact) mass is 815 g/mol. The Labute approximate surface area is 325 Å². The number of pyridine rings is 1. The zero-order valence-corrected chi connectivity index (χ0v) is 31.6. The molecule has 3 heterocycles. The number of hydrogen-bond donors (Lipinski definition) is 5. The van der Waals surface area contributed by atoms with Gasteiger partial charge in [0.05, 0.1) is 28.9 Å². The van der Waals surface area contributed by atoms with E-state index in [1.54, 1.807) is 24.4 Å². The number of aliphatic carboxylic acids is 1. The molecule has 0 saturated carbocycles. The molecule has 1 saturated heterocycles. The molecular formula is C39H39BrClN7O6. The molecule has 2 atom stereocenters. The Morgan fingerprint density at radius 3 is 2.69 bits per heavy atom. The van der Waals surface area contributed by atoms with Gasteiger partial charge in [-0.3, -0.25) is 24.6 Å². The summed E-state index contributed by atoms with van der Waals surface area (Å²) < 4.78 is 15.3. The van der Waals surface area contributed by atoms with Gasteiger partial charge in [-0.05, 0) is 64.6 Å². The van der Waals surface area contributed by atoms with E-state index in [1.807, 2.05) is 35.1 Å². The molecule has 1 aliphatic heterocycles. The molecular weight excluding hydrogens is 778 g/mol. The van der Waals surface area contributed by atoms with Crippen LogP contribution in [-0.2, 0) is 35.9 Å². The Hall–Kier alpha value is -5.04. The van der Waals surface area contributed by atoms with Crippen LogP contribution in [0.5, 0.6) is 11.5 Å². The molecule has 5 aromatic rings. The van der Waals surface area contributed by atoms with Crippen LogP contribution in [0.1, 0.15) is 41.5 Å². The van der Waals surface area contributed by atoms with Gasteiger partial charge in [0, 0.05) is 77.1 Å². The highest BCUT2D eigenvalue weighted by Gasteiger charge is 2.21. The van der Waals surface area contributed by atoms with E-state index in [2.05, 4.69) is 55.1 Å². The zero-order chi connectivity index (χ0) is 38.0. The largest absolute Gasteiger partial charge is 0.488 e. The van der Waals surface area contributed by atoms with E-state index in [1.165, 1.54) is 6.20 Å². The third-order valence-corrected chi connectivity index (χ3v) is 10.3. The van der Waals surface area contributed by atoms with Gasteiger partial charge in [0.2, 0.25) is 5.91 Å². The second-order valence-electron chi connectivity index (χ2n) is 12.9. The van der Waals surface area contributed by atoms with E-state index >= 15 is 0 Å². The normalized spacial score (nSPS) is 14.5. The van der Waals surface area contributed by atoms with Crippen molar-refractivity contribution in [1.82, 2.24) is 30.7 Å². The Kier molecular flexibility index (Phi) is 13.1. The molecule has 3 aromatic carbocycles. The van der Waals surface area contributed by atoms with Crippen molar-refractivity contribution >= 4 is 50.3 Å². The van der Waals surface area contributed by atoms with Crippen molar-refractivity contribution < 1.29 is 29.3 Å². The molecule has 2 aromatic heterocycles. The fourth-order valence-electron chi connectivity index (χ4n) is 6.24. The number of carboxylic acid groups (broad SMARTS) is 1. The lowest BCUT2D eigenvalue weighted by Crippen LogP contribution is -2.39. The van der Waals surface area contributed by atoms with Gasteiger partial charge >= 0.3 is 5.97 Å². The smallest absolute Gasteiger partial charge is 0.323 e. The van der Waals surface area contributed by atoms with Gasteiger partial charge in [-0.1, -0.05) is 41.9 Å². The number of aryl methyl sites for hydroxylation is 1. The molecule has 13 nitrogen and oxygen atoms in total. The van der Waals surface area contributed by atoms with Gasteiger partial charge < -0.3 is 30.3 Å². The maximum Gasteiger partial charge on any atom is 0.323 e. The summed E-state index contributed by atoms with van der Waals surface area (Å²) in [7, 11) is 0. The number of aromatic nitrogens is 3. The number of amides is 1. The summed E-state index contributed by atoms with van der Waals surface area (Å²) in [5.74, 6) is -0.348. The van der Waals surface area contributed by atoms with Gasteiger partial charge in [-0.25, -0.2) is 0 Å². The standard InChI is InChI=1S/C39H39BrClN7O6/c40-38-26(4-1-6-30(38)29-5-2-7-34-31(29)20-46-48(34)11-3-10-43-19-28-8-9-37(50)47-28)23-54-36-14-35(53-22-25-12-24(15-42)16-44-17-25)27(13-32(36)41)18-45-33(21-49)39(51)52/h1-2,4-7,12-14,16-17,20,28,33,43,45,49H,3,8-11,18-19,21-23H2,(H,47,50)(H,51,52)/t28-,33-/m0/s1. The Morgan fingerprint density at radius 1 is 1.09 bits per heavy atom. The SMILES string of the molecule is N#Cc1cncc(COc2cc(OCc3cccc(-c4cccc5c4cnn5CCCNC[C@@H]4CCC(=O)N4)c3Br)c(Cl)cc2CN[C@@H](CO)C(=O)O)c1. The Bertz CT molecular complexity index is 2170. The summed E-state index contributed by atoms with van der Waals surface area (Å²) in [6.07, 6.45) is 7.31. The Morgan fingerprint density at radius 2 is 1.91 bits per heavy atom. The number of nitrogens with one attached hydrogen (secondary N) is 3. The molecule has 1 aliphatic rings. The molecule has 0 radical (unpaired) electrons. The molecule has 5 N–H and O–H groups in total. The van der Waals surface area contributed by atoms with Crippen molar-refractivity contribution in [3.05, 3.63) is 105 Å². The highest BCUT2D eigenvalue weighted by molar-refractivity contribution is 9.10. The van der Waals surface area contributed by atoms with Crippen LogP contribution >= 0.6 is 27.5 Å². The fourth-order valence-corrected chi connectivity index (χ4v) is 7.08. The third kappa shape index (κ3) is 9.54.